The van der Waals surface area contributed by atoms with Crippen molar-refractivity contribution in [1.29, 1.82) is 5.26 Å². The minimum atomic E-state index is -3.73. The Balaban J connectivity index is 1.89. The monoisotopic (exact) mass is 389 g/mol. The molecule has 1 amide bonds. The van der Waals surface area contributed by atoms with Crippen molar-refractivity contribution in [3.63, 3.8) is 0 Å². The number of rotatable bonds is 4. The Morgan fingerprint density at radius 2 is 1.88 bits per heavy atom. The smallest absolute Gasteiger partial charge is 0.255 e. The van der Waals surface area contributed by atoms with Crippen LogP contribution in [0.5, 0.6) is 0 Å². The Kier molecular flexibility index (Phi) is 5.28. The highest BCUT2D eigenvalue weighted by molar-refractivity contribution is 7.89. The molecule has 2 aromatic carbocycles. The van der Waals surface area contributed by atoms with E-state index in [0.717, 1.165) is 12.8 Å². The van der Waals surface area contributed by atoms with Crippen LogP contribution in [0.4, 0.5) is 5.69 Å². The van der Waals surface area contributed by atoms with Gasteiger partial charge in [-0.15, -0.1) is 0 Å². The lowest BCUT2D eigenvalue weighted by molar-refractivity contribution is 0.102. The van der Waals surface area contributed by atoms with Crippen LogP contribution in [0.3, 0.4) is 0 Å². The summed E-state index contributed by atoms with van der Waals surface area (Å²) in [6, 6.07) is 12.6. The molecule has 134 valence electrons. The topological polar surface area (TPSA) is 90.3 Å². The number of carbonyl (C=O) groups is 1. The molecule has 0 aliphatic carbocycles. The van der Waals surface area contributed by atoms with E-state index in [1.54, 1.807) is 18.2 Å². The number of hydrogen-bond donors (Lipinski definition) is 1. The summed E-state index contributed by atoms with van der Waals surface area (Å²) in [7, 11) is -3.73. The second kappa shape index (κ2) is 7.46. The summed E-state index contributed by atoms with van der Waals surface area (Å²) in [6.45, 7) is 0.909. The minimum Gasteiger partial charge on any atom is -0.322 e. The van der Waals surface area contributed by atoms with Gasteiger partial charge in [-0.05, 0) is 49.2 Å². The van der Waals surface area contributed by atoms with Gasteiger partial charge in [0.1, 0.15) is 4.90 Å². The minimum absolute atomic E-state index is 0.0699. The van der Waals surface area contributed by atoms with Gasteiger partial charge in [-0.1, -0.05) is 17.7 Å². The van der Waals surface area contributed by atoms with Crippen molar-refractivity contribution in [1.82, 2.24) is 4.31 Å². The zero-order valence-corrected chi connectivity index (χ0v) is 15.3. The largest absolute Gasteiger partial charge is 0.322 e. The number of sulfonamides is 1. The first-order chi connectivity index (χ1) is 12.4. The van der Waals surface area contributed by atoms with E-state index in [9.17, 15) is 13.2 Å². The fourth-order valence-corrected chi connectivity index (χ4v) is 4.80. The molecule has 8 heteroatoms. The van der Waals surface area contributed by atoms with Gasteiger partial charge < -0.3 is 5.32 Å². The van der Waals surface area contributed by atoms with Crippen LogP contribution in [-0.2, 0) is 10.0 Å². The third kappa shape index (κ3) is 3.73. The van der Waals surface area contributed by atoms with Crippen molar-refractivity contribution in [3.8, 4) is 6.07 Å². The van der Waals surface area contributed by atoms with E-state index < -0.39 is 15.9 Å². The molecular weight excluding hydrogens is 374 g/mol. The molecule has 0 aromatic heterocycles. The molecule has 1 aliphatic heterocycles. The van der Waals surface area contributed by atoms with Crippen LogP contribution >= 0.6 is 11.6 Å². The van der Waals surface area contributed by atoms with Crippen LogP contribution in [0.1, 0.15) is 28.8 Å². The Morgan fingerprint density at radius 3 is 2.58 bits per heavy atom. The van der Waals surface area contributed by atoms with Gasteiger partial charge in [0.2, 0.25) is 10.0 Å². The molecule has 0 saturated carbocycles. The lowest BCUT2D eigenvalue weighted by Crippen LogP contribution is -2.28. The third-order valence-corrected chi connectivity index (χ3v) is 6.51. The van der Waals surface area contributed by atoms with Gasteiger partial charge >= 0.3 is 0 Å². The summed E-state index contributed by atoms with van der Waals surface area (Å²) in [4.78, 5) is 12.4. The number of benzene rings is 2. The van der Waals surface area contributed by atoms with Crippen molar-refractivity contribution in [3.05, 3.63) is 58.6 Å². The maximum absolute atomic E-state index is 12.7. The molecule has 1 heterocycles. The maximum atomic E-state index is 12.7. The number of nitrogens with one attached hydrogen (secondary N) is 1. The van der Waals surface area contributed by atoms with E-state index in [-0.39, 0.29) is 15.5 Å². The number of hydrogen-bond acceptors (Lipinski definition) is 4. The van der Waals surface area contributed by atoms with Gasteiger partial charge in [-0.25, -0.2) is 8.42 Å². The quantitative estimate of drug-likeness (QED) is 0.868. The molecule has 0 bridgehead atoms. The SMILES string of the molecule is N#Cc1cccc(NC(=O)c2ccc(Cl)c(S(=O)(=O)N3CCCC3)c2)c1. The Bertz CT molecular complexity index is 993. The second-order valence-corrected chi connectivity index (χ2v) is 8.22. The van der Waals surface area contributed by atoms with Crippen LogP contribution in [-0.4, -0.2) is 31.7 Å². The molecule has 1 saturated heterocycles. The molecule has 0 atom stereocenters. The van der Waals surface area contributed by atoms with E-state index in [2.05, 4.69) is 5.32 Å². The lowest BCUT2D eigenvalue weighted by atomic mass is 10.2. The summed E-state index contributed by atoms with van der Waals surface area (Å²) in [6.07, 6.45) is 1.62. The predicted octanol–water partition coefficient (Wildman–Crippen LogP) is 3.25. The number of carbonyl (C=O) groups excluding carboxylic acids is 1. The van der Waals surface area contributed by atoms with Gasteiger partial charge in [-0.2, -0.15) is 9.57 Å². The zero-order valence-electron chi connectivity index (χ0n) is 13.8. The molecular formula is C18H16ClN3O3S. The van der Waals surface area contributed by atoms with Gasteiger partial charge in [0.25, 0.3) is 5.91 Å². The Morgan fingerprint density at radius 1 is 1.15 bits per heavy atom. The first-order valence-electron chi connectivity index (χ1n) is 8.03. The number of anilines is 1. The van der Waals surface area contributed by atoms with Crippen molar-refractivity contribution in [2.24, 2.45) is 0 Å². The van der Waals surface area contributed by atoms with Crippen molar-refractivity contribution in [2.75, 3.05) is 18.4 Å². The highest BCUT2D eigenvalue weighted by Crippen LogP contribution is 2.28. The van der Waals surface area contributed by atoms with Crippen LogP contribution in [0.15, 0.2) is 47.4 Å². The average Bonchev–Trinajstić information content (AvgIpc) is 3.17. The molecule has 2 aromatic rings. The van der Waals surface area contributed by atoms with Gasteiger partial charge in [0, 0.05) is 24.3 Å². The van der Waals surface area contributed by atoms with E-state index in [1.165, 1.54) is 28.6 Å². The number of nitrogens with zero attached hydrogens (tertiary/aromatic N) is 2. The first kappa shape index (κ1) is 18.4. The fourth-order valence-electron chi connectivity index (χ4n) is 2.78. The molecule has 0 spiro atoms. The summed E-state index contributed by atoms with van der Waals surface area (Å²) >= 11 is 6.09. The first-order valence-corrected chi connectivity index (χ1v) is 9.85. The zero-order chi connectivity index (χ0) is 18.7. The van der Waals surface area contributed by atoms with Crippen LogP contribution < -0.4 is 5.32 Å². The van der Waals surface area contributed by atoms with Gasteiger partial charge in [-0.3, -0.25) is 4.79 Å². The summed E-state index contributed by atoms with van der Waals surface area (Å²) in [5, 5.41) is 11.7. The van der Waals surface area contributed by atoms with E-state index in [4.69, 9.17) is 16.9 Å². The van der Waals surface area contributed by atoms with Crippen molar-refractivity contribution >= 4 is 33.2 Å². The molecule has 1 N–H and O–H groups in total. The molecule has 26 heavy (non-hydrogen) atoms. The average molecular weight is 390 g/mol. The van der Waals surface area contributed by atoms with Gasteiger partial charge in [0.15, 0.2) is 0 Å². The summed E-state index contributed by atoms with van der Waals surface area (Å²) in [5.74, 6) is -0.477. The fraction of sp³-hybridized carbons (Fsp3) is 0.222. The lowest BCUT2D eigenvalue weighted by Gasteiger charge is -2.17. The van der Waals surface area contributed by atoms with Crippen LogP contribution in [0.2, 0.25) is 5.02 Å². The number of amides is 1. The van der Waals surface area contributed by atoms with Crippen LogP contribution in [0, 0.1) is 11.3 Å². The van der Waals surface area contributed by atoms with Crippen LogP contribution in [0.25, 0.3) is 0 Å². The van der Waals surface area contributed by atoms with Gasteiger partial charge in [0.05, 0.1) is 16.7 Å². The Labute approximate surface area is 157 Å². The molecule has 3 rings (SSSR count). The molecule has 0 radical (unpaired) electrons. The normalized spacial score (nSPS) is 14.8. The maximum Gasteiger partial charge on any atom is 0.255 e. The van der Waals surface area contributed by atoms with Crippen molar-refractivity contribution < 1.29 is 13.2 Å². The van der Waals surface area contributed by atoms with E-state index >= 15 is 0 Å². The molecule has 6 nitrogen and oxygen atoms in total. The Hall–Kier alpha value is -2.40. The van der Waals surface area contributed by atoms with Crippen molar-refractivity contribution in [2.45, 2.75) is 17.7 Å². The highest BCUT2D eigenvalue weighted by atomic mass is 35.5. The molecule has 1 aliphatic rings. The second-order valence-electron chi connectivity index (χ2n) is 5.90. The number of nitriles is 1. The van der Waals surface area contributed by atoms with E-state index in [1.807, 2.05) is 6.07 Å². The molecule has 0 unspecified atom stereocenters. The summed E-state index contributed by atoms with van der Waals surface area (Å²) in [5.41, 5.74) is 1.04. The standard InChI is InChI=1S/C18H16ClN3O3S/c19-16-7-6-14(11-17(16)26(24,25)22-8-1-2-9-22)18(23)21-15-5-3-4-13(10-15)12-20/h3-7,10-11H,1-2,8-9H2,(H,21,23). The predicted molar refractivity (Wildman–Crippen MR) is 98.6 cm³/mol. The summed E-state index contributed by atoms with van der Waals surface area (Å²) < 4.78 is 26.9. The molecule has 1 fully saturated rings. The number of halogens is 1. The highest BCUT2D eigenvalue weighted by Gasteiger charge is 2.29. The third-order valence-electron chi connectivity index (χ3n) is 4.13. The van der Waals surface area contributed by atoms with E-state index in [0.29, 0.717) is 24.3 Å².